The number of hydrogen-bond acceptors (Lipinski definition) is 3. The minimum atomic E-state index is 0.632. The molecule has 0 aromatic carbocycles. The van der Waals surface area contributed by atoms with Crippen molar-refractivity contribution in [3.05, 3.63) is 36.9 Å². The molecule has 6 nitrogen and oxygen atoms in total. The van der Waals surface area contributed by atoms with Crippen LogP contribution >= 0.6 is 0 Å². The quantitative estimate of drug-likeness (QED) is 0.464. The normalized spacial score (nSPS) is 11.2. The number of nitrogens with zero attached hydrogens (tertiary/aromatic N) is 4. The molecule has 2 aromatic heterocycles. The second-order valence-corrected chi connectivity index (χ2v) is 5.09. The Labute approximate surface area is 132 Å². The summed E-state index contributed by atoms with van der Waals surface area (Å²) in [6, 6.07) is 0. The molecule has 0 saturated heterocycles. The van der Waals surface area contributed by atoms with Gasteiger partial charge < -0.3 is 14.0 Å². The molecule has 122 valence electrons. The van der Waals surface area contributed by atoms with Gasteiger partial charge in [0.1, 0.15) is 24.8 Å². The van der Waals surface area contributed by atoms with E-state index >= 15 is 0 Å². The Morgan fingerprint density at radius 2 is 1.86 bits per heavy atom. The maximum absolute atomic E-state index is 5.59. The van der Waals surface area contributed by atoms with E-state index in [0.717, 1.165) is 31.9 Å². The Hall–Kier alpha value is -1.66. The number of aromatic nitrogens is 4. The van der Waals surface area contributed by atoms with Crippen LogP contribution in [0.2, 0.25) is 0 Å². The third-order valence-corrected chi connectivity index (χ3v) is 3.59. The van der Waals surface area contributed by atoms with Crippen molar-refractivity contribution in [2.45, 2.75) is 39.9 Å². The summed E-state index contributed by atoms with van der Waals surface area (Å²) >= 11 is 0. The van der Waals surface area contributed by atoms with E-state index in [-0.39, 0.29) is 0 Å². The van der Waals surface area contributed by atoms with Gasteiger partial charge in [-0.1, -0.05) is 0 Å². The first-order valence-corrected chi connectivity index (χ1v) is 8.03. The van der Waals surface area contributed by atoms with Crippen LogP contribution in [-0.2, 0) is 35.5 Å². The van der Waals surface area contributed by atoms with Crippen LogP contribution in [0.4, 0.5) is 0 Å². The van der Waals surface area contributed by atoms with E-state index < -0.39 is 0 Å². The molecule has 2 aromatic rings. The first-order valence-electron chi connectivity index (χ1n) is 8.03. The zero-order valence-electron chi connectivity index (χ0n) is 13.6. The minimum absolute atomic E-state index is 0.632. The summed E-state index contributed by atoms with van der Waals surface area (Å²) in [4.78, 5) is 4.32. The average molecular weight is 307 g/mol. The molecule has 0 radical (unpaired) electrons. The predicted octanol–water partition coefficient (Wildman–Crippen LogP) is 1.29. The van der Waals surface area contributed by atoms with Crippen LogP contribution in [0.15, 0.2) is 31.1 Å². The molecule has 22 heavy (non-hydrogen) atoms. The van der Waals surface area contributed by atoms with Crippen LogP contribution in [-0.4, -0.2) is 40.5 Å². The molecule has 2 rings (SSSR count). The molecule has 0 unspecified atom stereocenters. The van der Waals surface area contributed by atoms with Crippen molar-refractivity contribution in [3.63, 3.8) is 0 Å². The maximum Gasteiger partial charge on any atom is 0.243 e. The molecule has 0 N–H and O–H groups in total. The van der Waals surface area contributed by atoms with E-state index in [1.165, 1.54) is 0 Å². The van der Waals surface area contributed by atoms with Crippen molar-refractivity contribution in [2.24, 2.45) is 0 Å². The van der Waals surface area contributed by atoms with E-state index in [2.05, 4.69) is 51.3 Å². The Bertz CT molecular complexity index is 536. The molecule has 0 amide bonds. The molecule has 0 aliphatic carbocycles. The highest BCUT2D eigenvalue weighted by atomic mass is 16.5. The van der Waals surface area contributed by atoms with E-state index in [4.69, 9.17) is 9.47 Å². The van der Waals surface area contributed by atoms with Crippen LogP contribution < -0.4 is 4.57 Å². The number of ether oxygens (including phenoxy) is 2. The smallest absolute Gasteiger partial charge is 0.243 e. The first-order chi connectivity index (χ1) is 10.8. The molecule has 0 spiro atoms. The van der Waals surface area contributed by atoms with Gasteiger partial charge in [0.05, 0.1) is 33.0 Å². The summed E-state index contributed by atoms with van der Waals surface area (Å²) < 4.78 is 17.6. The van der Waals surface area contributed by atoms with E-state index in [0.29, 0.717) is 26.4 Å². The van der Waals surface area contributed by atoms with Crippen LogP contribution in [0.5, 0.6) is 0 Å². The van der Waals surface area contributed by atoms with Gasteiger partial charge >= 0.3 is 0 Å². The fraction of sp³-hybridized carbons (Fsp3) is 0.625. The van der Waals surface area contributed by atoms with Crippen LogP contribution in [0.3, 0.4) is 0 Å². The molecule has 0 aliphatic rings. The topological polar surface area (TPSA) is 45.1 Å². The van der Waals surface area contributed by atoms with Crippen LogP contribution in [0.25, 0.3) is 0 Å². The van der Waals surface area contributed by atoms with Gasteiger partial charge in [-0.2, -0.15) is 0 Å². The largest absolute Gasteiger partial charge is 0.379 e. The number of imidazole rings is 2. The highest BCUT2D eigenvalue weighted by molar-refractivity contribution is 4.92. The lowest BCUT2D eigenvalue weighted by Gasteiger charge is -2.06. The van der Waals surface area contributed by atoms with Gasteiger partial charge in [0.15, 0.2) is 0 Å². The van der Waals surface area contributed by atoms with Gasteiger partial charge in [0.25, 0.3) is 0 Å². The fourth-order valence-electron chi connectivity index (χ4n) is 2.27. The zero-order chi connectivity index (χ0) is 15.6. The maximum atomic E-state index is 5.59. The molecular formula is C16H27N4O2+. The van der Waals surface area contributed by atoms with Gasteiger partial charge in [0.2, 0.25) is 6.33 Å². The highest BCUT2D eigenvalue weighted by Crippen LogP contribution is 1.98. The van der Waals surface area contributed by atoms with Gasteiger partial charge in [-0.25, -0.2) is 14.1 Å². The van der Waals surface area contributed by atoms with Crippen LogP contribution in [0.1, 0.15) is 19.7 Å². The van der Waals surface area contributed by atoms with Gasteiger partial charge in [0, 0.05) is 25.4 Å². The average Bonchev–Trinajstić information content (AvgIpc) is 3.18. The van der Waals surface area contributed by atoms with Gasteiger partial charge in [-0.3, -0.25) is 0 Å². The highest BCUT2D eigenvalue weighted by Gasteiger charge is 2.02. The zero-order valence-corrected chi connectivity index (χ0v) is 13.6. The molecule has 0 bridgehead atoms. The summed E-state index contributed by atoms with van der Waals surface area (Å²) in [6.45, 7) is 9.74. The third kappa shape index (κ3) is 5.27. The first kappa shape index (κ1) is 16.7. The second-order valence-electron chi connectivity index (χ2n) is 5.09. The monoisotopic (exact) mass is 307 g/mol. The van der Waals surface area contributed by atoms with E-state index in [1.54, 1.807) is 0 Å². The third-order valence-electron chi connectivity index (χ3n) is 3.59. The summed E-state index contributed by atoms with van der Waals surface area (Å²) in [6.07, 6.45) is 10.9. The Morgan fingerprint density at radius 3 is 2.59 bits per heavy atom. The summed E-state index contributed by atoms with van der Waals surface area (Å²) in [5, 5.41) is 0. The summed E-state index contributed by atoms with van der Waals surface area (Å²) in [5.41, 5.74) is 0. The second kappa shape index (κ2) is 9.38. The number of aryl methyl sites for hydroxylation is 2. The number of rotatable bonds is 11. The molecule has 6 heteroatoms. The molecule has 0 atom stereocenters. The molecular weight excluding hydrogens is 280 g/mol. The Kier molecular flexibility index (Phi) is 7.12. The summed E-state index contributed by atoms with van der Waals surface area (Å²) in [5.74, 6) is 1.08. The summed E-state index contributed by atoms with van der Waals surface area (Å²) in [7, 11) is 0. The van der Waals surface area contributed by atoms with Gasteiger partial charge in [-0.15, -0.1) is 0 Å². The molecule has 2 heterocycles. The molecule has 0 saturated carbocycles. The lowest BCUT2D eigenvalue weighted by molar-refractivity contribution is -0.698. The number of hydrogen-bond donors (Lipinski definition) is 0. The predicted molar refractivity (Wildman–Crippen MR) is 83.5 cm³/mol. The lowest BCUT2D eigenvalue weighted by Crippen LogP contribution is -2.33. The molecule has 0 fully saturated rings. The van der Waals surface area contributed by atoms with E-state index in [9.17, 15) is 0 Å². The molecule has 0 aliphatic heterocycles. The van der Waals surface area contributed by atoms with Crippen molar-refractivity contribution in [3.8, 4) is 0 Å². The van der Waals surface area contributed by atoms with Crippen molar-refractivity contribution in [2.75, 3.05) is 26.4 Å². The van der Waals surface area contributed by atoms with Crippen molar-refractivity contribution < 1.29 is 14.0 Å². The standard InChI is InChI=1S/C16H27N4O2/c1-3-18-8-9-19(15-18)10-12-22-14-13-21-11-5-16-17-6-7-20(16)4-2/h6-9,15H,3-5,10-14H2,1-2H3/q+1. The lowest BCUT2D eigenvalue weighted by atomic mass is 10.4. The van der Waals surface area contributed by atoms with Crippen molar-refractivity contribution >= 4 is 0 Å². The van der Waals surface area contributed by atoms with Gasteiger partial charge in [-0.05, 0) is 13.8 Å². The SMILES string of the molecule is CCn1cc[n+](CCOCCOCCc2nccn2CC)c1. The van der Waals surface area contributed by atoms with Crippen molar-refractivity contribution in [1.29, 1.82) is 0 Å². The Morgan fingerprint density at radius 1 is 1.05 bits per heavy atom. The minimum Gasteiger partial charge on any atom is -0.379 e. The van der Waals surface area contributed by atoms with Crippen LogP contribution in [0, 0.1) is 0 Å². The fourth-order valence-corrected chi connectivity index (χ4v) is 2.27. The van der Waals surface area contributed by atoms with E-state index in [1.807, 2.05) is 12.4 Å². The Balaban J connectivity index is 1.47. The van der Waals surface area contributed by atoms with Crippen molar-refractivity contribution in [1.82, 2.24) is 14.1 Å².